The minimum absolute atomic E-state index is 0.155. The molecule has 0 amide bonds. The molecule has 1 saturated carbocycles. The van der Waals surface area contributed by atoms with Crippen molar-refractivity contribution in [3.63, 3.8) is 0 Å². The highest BCUT2D eigenvalue weighted by molar-refractivity contribution is 5.08. The Bertz CT molecular complexity index is 551. The first-order valence-electron chi connectivity index (χ1n) is 5.77. The van der Waals surface area contributed by atoms with Crippen molar-refractivity contribution in [2.75, 3.05) is 0 Å². The quantitative estimate of drug-likeness (QED) is 0.840. The predicted octanol–water partition coefficient (Wildman–Crippen LogP) is 2.38. The van der Waals surface area contributed by atoms with E-state index in [1.165, 1.54) is 12.4 Å². The molecule has 0 bridgehead atoms. The Kier molecular flexibility index (Phi) is 2.61. The van der Waals surface area contributed by atoms with Gasteiger partial charge in [0.15, 0.2) is 5.82 Å². The fraction of sp³-hybridized carbons (Fsp3) is 0.545. The van der Waals surface area contributed by atoms with Crippen LogP contribution in [0.1, 0.15) is 43.4 Å². The normalized spacial score (nSPS) is 22.7. The van der Waals surface area contributed by atoms with Gasteiger partial charge in [0.05, 0.1) is 6.42 Å². The van der Waals surface area contributed by atoms with Crippen LogP contribution in [0.3, 0.4) is 0 Å². The Morgan fingerprint density at radius 2 is 2.33 bits per heavy atom. The molecule has 2 aromatic rings. The van der Waals surface area contributed by atoms with Crippen molar-refractivity contribution in [3.8, 4) is 0 Å². The highest BCUT2D eigenvalue weighted by Crippen LogP contribution is 2.46. The summed E-state index contributed by atoms with van der Waals surface area (Å²) in [6, 6.07) is 0. The molecule has 1 fully saturated rings. The van der Waals surface area contributed by atoms with Crippen molar-refractivity contribution in [1.82, 2.24) is 19.7 Å². The molecule has 0 aromatic carbocycles. The van der Waals surface area contributed by atoms with Gasteiger partial charge in [-0.3, -0.25) is 4.57 Å². The summed E-state index contributed by atoms with van der Waals surface area (Å²) in [7, 11) is 0. The number of alkyl halides is 2. The monoisotopic (exact) mass is 254 g/mol. The van der Waals surface area contributed by atoms with Gasteiger partial charge in [0.1, 0.15) is 5.82 Å². The van der Waals surface area contributed by atoms with E-state index in [9.17, 15) is 8.78 Å². The average Bonchev–Trinajstić information content (AvgIpc) is 2.80. The van der Waals surface area contributed by atoms with Gasteiger partial charge in [-0.15, -0.1) is 0 Å². The Balaban J connectivity index is 1.76. The molecule has 2 heterocycles. The molecule has 18 heavy (non-hydrogen) atoms. The fourth-order valence-electron chi connectivity index (χ4n) is 1.96. The molecule has 7 heteroatoms. The topological polar surface area (TPSA) is 56.7 Å². The first-order chi connectivity index (χ1) is 8.65. The Morgan fingerprint density at radius 3 is 3.00 bits per heavy atom. The number of nitrogens with zero attached hydrogens (tertiary/aromatic N) is 4. The zero-order valence-electron chi connectivity index (χ0n) is 9.75. The van der Waals surface area contributed by atoms with E-state index in [2.05, 4.69) is 22.0 Å². The van der Waals surface area contributed by atoms with Crippen molar-refractivity contribution in [2.45, 2.75) is 32.2 Å². The fourth-order valence-corrected chi connectivity index (χ4v) is 1.96. The van der Waals surface area contributed by atoms with Crippen LogP contribution in [0.4, 0.5) is 8.78 Å². The van der Waals surface area contributed by atoms with Crippen LogP contribution in [0.15, 0.2) is 16.9 Å². The number of aromatic nitrogens is 4. The zero-order valence-corrected chi connectivity index (χ0v) is 9.75. The Hall–Kier alpha value is -1.79. The van der Waals surface area contributed by atoms with Crippen LogP contribution >= 0.6 is 0 Å². The van der Waals surface area contributed by atoms with E-state index >= 15 is 0 Å². The smallest absolute Gasteiger partial charge is 0.319 e. The number of halogens is 2. The lowest BCUT2D eigenvalue weighted by atomic mass is 10.3. The number of rotatable bonds is 4. The second-order valence-electron chi connectivity index (χ2n) is 4.57. The summed E-state index contributed by atoms with van der Waals surface area (Å²) in [5.41, 5.74) is 0. The van der Waals surface area contributed by atoms with Gasteiger partial charge in [-0.05, 0) is 12.3 Å². The molecule has 3 rings (SSSR count). The minimum Gasteiger partial charge on any atom is -0.339 e. The SMILES string of the molecule is C[C@H]1C[C@H]1c1nc(Cc2nccn2C(F)F)no1. The average molecular weight is 254 g/mol. The lowest BCUT2D eigenvalue weighted by Gasteiger charge is -2.03. The molecule has 96 valence electrons. The third-order valence-corrected chi connectivity index (χ3v) is 3.19. The number of hydrogen-bond acceptors (Lipinski definition) is 4. The molecular weight excluding hydrogens is 242 g/mol. The highest BCUT2D eigenvalue weighted by atomic mass is 19.3. The molecule has 0 spiro atoms. The van der Waals surface area contributed by atoms with Crippen LogP contribution in [0, 0.1) is 5.92 Å². The summed E-state index contributed by atoms with van der Waals surface area (Å²) in [6.45, 7) is -0.491. The van der Waals surface area contributed by atoms with Gasteiger partial charge in [0.25, 0.3) is 0 Å². The standard InChI is InChI=1S/C11H12F2N4O/c1-6-4-7(6)10-15-8(16-18-10)5-9-14-2-3-17(9)11(12)13/h2-3,6-7,11H,4-5H2,1H3/t6-,7+/m0/s1. The van der Waals surface area contributed by atoms with Crippen LogP contribution in [0.5, 0.6) is 0 Å². The van der Waals surface area contributed by atoms with Gasteiger partial charge in [-0.1, -0.05) is 12.1 Å². The van der Waals surface area contributed by atoms with Crippen molar-refractivity contribution in [3.05, 3.63) is 29.9 Å². The molecule has 0 N–H and O–H groups in total. The van der Waals surface area contributed by atoms with Gasteiger partial charge in [-0.25, -0.2) is 4.98 Å². The van der Waals surface area contributed by atoms with E-state index in [1.54, 1.807) is 0 Å². The highest BCUT2D eigenvalue weighted by Gasteiger charge is 2.38. The zero-order chi connectivity index (χ0) is 12.7. The van der Waals surface area contributed by atoms with E-state index in [0.29, 0.717) is 23.6 Å². The third-order valence-electron chi connectivity index (χ3n) is 3.19. The number of imidazole rings is 1. The summed E-state index contributed by atoms with van der Waals surface area (Å²) < 4.78 is 31.2. The van der Waals surface area contributed by atoms with E-state index in [4.69, 9.17) is 4.52 Å². The molecule has 0 saturated heterocycles. The largest absolute Gasteiger partial charge is 0.339 e. The van der Waals surface area contributed by atoms with Crippen molar-refractivity contribution in [1.29, 1.82) is 0 Å². The maximum absolute atomic E-state index is 12.6. The van der Waals surface area contributed by atoms with E-state index < -0.39 is 6.55 Å². The molecule has 1 aliphatic rings. The summed E-state index contributed by atoms with van der Waals surface area (Å²) in [5.74, 6) is 2.15. The van der Waals surface area contributed by atoms with Gasteiger partial charge in [-0.2, -0.15) is 13.8 Å². The van der Waals surface area contributed by atoms with Crippen LogP contribution in [-0.4, -0.2) is 19.7 Å². The lowest BCUT2D eigenvalue weighted by Crippen LogP contribution is -2.05. The third kappa shape index (κ3) is 2.00. The molecule has 5 nitrogen and oxygen atoms in total. The van der Waals surface area contributed by atoms with Gasteiger partial charge in [0, 0.05) is 18.3 Å². The Labute approximate surface area is 102 Å². The summed E-state index contributed by atoms with van der Waals surface area (Å²) in [4.78, 5) is 8.10. The van der Waals surface area contributed by atoms with Gasteiger partial charge < -0.3 is 4.52 Å². The molecule has 0 radical (unpaired) electrons. The summed E-state index contributed by atoms with van der Waals surface area (Å²) in [5, 5.41) is 3.80. The first-order valence-corrected chi connectivity index (χ1v) is 5.77. The van der Waals surface area contributed by atoms with E-state index in [1.807, 2.05) is 0 Å². The number of hydrogen-bond donors (Lipinski definition) is 0. The van der Waals surface area contributed by atoms with Crippen LogP contribution in [0.2, 0.25) is 0 Å². The molecule has 0 aliphatic heterocycles. The first kappa shape index (κ1) is 11.3. The van der Waals surface area contributed by atoms with Gasteiger partial charge in [0.2, 0.25) is 5.89 Å². The lowest BCUT2D eigenvalue weighted by molar-refractivity contribution is 0.0673. The maximum Gasteiger partial charge on any atom is 0.319 e. The predicted molar refractivity (Wildman–Crippen MR) is 57.1 cm³/mol. The van der Waals surface area contributed by atoms with Crippen molar-refractivity contribution >= 4 is 0 Å². The van der Waals surface area contributed by atoms with Crippen molar-refractivity contribution in [2.24, 2.45) is 5.92 Å². The molecular formula is C11H12F2N4O. The van der Waals surface area contributed by atoms with Gasteiger partial charge >= 0.3 is 6.55 Å². The van der Waals surface area contributed by atoms with E-state index in [0.717, 1.165) is 11.0 Å². The van der Waals surface area contributed by atoms with Crippen LogP contribution < -0.4 is 0 Å². The molecule has 2 atom stereocenters. The molecule has 1 aliphatic carbocycles. The van der Waals surface area contributed by atoms with E-state index in [-0.39, 0.29) is 12.2 Å². The Morgan fingerprint density at radius 1 is 1.56 bits per heavy atom. The van der Waals surface area contributed by atoms with Crippen LogP contribution in [-0.2, 0) is 6.42 Å². The van der Waals surface area contributed by atoms with Crippen molar-refractivity contribution < 1.29 is 13.3 Å². The summed E-state index contributed by atoms with van der Waals surface area (Å²) in [6.07, 6.45) is 3.78. The van der Waals surface area contributed by atoms with Crippen LogP contribution in [0.25, 0.3) is 0 Å². The second kappa shape index (κ2) is 4.15. The molecule has 0 unspecified atom stereocenters. The maximum atomic E-state index is 12.6. The summed E-state index contributed by atoms with van der Waals surface area (Å²) >= 11 is 0. The minimum atomic E-state index is -2.60. The molecule has 2 aromatic heterocycles. The second-order valence-corrected chi connectivity index (χ2v) is 4.57.